The van der Waals surface area contributed by atoms with Gasteiger partial charge in [-0.25, -0.2) is 0 Å². The van der Waals surface area contributed by atoms with Crippen molar-refractivity contribution in [2.45, 2.75) is 6.42 Å². The lowest BCUT2D eigenvalue weighted by atomic mass is 10.3. The average molecular weight is 294 g/mol. The molecule has 1 saturated heterocycles. The SMILES string of the molecule is C=Cc1ccc(C(=O)NCCC(=O)N2CCOCC2)s1. The normalized spacial score (nSPS) is 14.9. The molecule has 1 fully saturated rings. The van der Waals surface area contributed by atoms with Gasteiger partial charge in [-0.15, -0.1) is 11.3 Å². The summed E-state index contributed by atoms with van der Waals surface area (Å²) in [6, 6.07) is 3.62. The van der Waals surface area contributed by atoms with E-state index in [0.29, 0.717) is 44.1 Å². The fourth-order valence-electron chi connectivity index (χ4n) is 1.93. The zero-order valence-electron chi connectivity index (χ0n) is 11.3. The highest BCUT2D eigenvalue weighted by Crippen LogP contribution is 2.17. The van der Waals surface area contributed by atoms with Crippen molar-refractivity contribution in [3.8, 4) is 0 Å². The van der Waals surface area contributed by atoms with Crippen LogP contribution >= 0.6 is 11.3 Å². The molecule has 0 unspecified atom stereocenters. The quantitative estimate of drug-likeness (QED) is 0.892. The molecule has 0 saturated carbocycles. The molecular formula is C14H18N2O3S. The summed E-state index contributed by atoms with van der Waals surface area (Å²) < 4.78 is 5.19. The highest BCUT2D eigenvalue weighted by Gasteiger charge is 2.16. The lowest BCUT2D eigenvalue weighted by molar-refractivity contribution is -0.135. The van der Waals surface area contributed by atoms with Crippen LogP contribution in [0.2, 0.25) is 0 Å². The molecule has 0 aromatic carbocycles. The van der Waals surface area contributed by atoms with E-state index in [2.05, 4.69) is 11.9 Å². The number of thiophene rings is 1. The Labute approximate surface area is 122 Å². The Balaban J connectivity index is 1.73. The second-order valence-electron chi connectivity index (χ2n) is 4.41. The van der Waals surface area contributed by atoms with E-state index in [-0.39, 0.29) is 11.8 Å². The predicted molar refractivity (Wildman–Crippen MR) is 78.8 cm³/mol. The molecular weight excluding hydrogens is 276 g/mol. The van der Waals surface area contributed by atoms with Crippen molar-refractivity contribution < 1.29 is 14.3 Å². The molecule has 0 atom stereocenters. The summed E-state index contributed by atoms with van der Waals surface area (Å²) in [6.07, 6.45) is 2.04. The van der Waals surface area contributed by atoms with E-state index >= 15 is 0 Å². The lowest BCUT2D eigenvalue weighted by Gasteiger charge is -2.26. The van der Waals surface area contributed by atoms with Crippen LogP contribution in [0.25, 0.3) is 6.08 Å². The van der Waals surface area contributed by atoms with Gasteiger partial charge >= 0.3 is 0 Å². The fourth-order valence-corrected chi connectivity index (χ4v) is 2.70. The zero-order valence-corrected chi connectivity index (χ0v) is 12.1. The Kier molecular flexibility index (Phi) is 5.31. The topological polar surface area (TPSA) is 58.6 Å². The van der Waals surface area contributed by atoms with Crippen LogP contribution in [0.15, 0.2) is 18.7 Å². The molecule has 108 valence electrons. The Morgan fingerprint density at radius 1 is 1.40 bits per heavy atom. The summed E-state index contributed by atoms with van der Waals surface area (Å²) in [4.78, 5) is 27.1. The van der Waals surface area contributed by atoms with Gasteiger partial charge < -0.3 is 15.0 Å². The molecule has 6 heteroatoms. The number of nitrogens with zero attached hydrogens (tertiary/aromatic N) is 1. The van der Waals surface area contributed by atoms with Crippen LogP contribution in [0.4, 0.5) is 0 Å². The maximum Gasteiger partial charge on any atom is 0.261 e. The second-order valence-corrected chi connectivity index (χ2v) is 5.52. The minimum atomic E-state index is -0.141. The fraction of sp³-hybridized carbons (Fsp3) is 0.429. The van der Waals surface area contributed by atoms with Crippen molar-refractivity contribution in [3.05, 3.63) is 28.5 Å². The van der Waals surface area contributed by atoms with Gasteiger partial charge in [-0.2, -0.15) is 0 Å². The van der Waals surface area contributed by atoms with Gasteiger partial charge in [0.15, 0.2) is 0 Å². The first-order valence-electron chi connectivity index (χ1n) is 6.56. The molecule has 0 aliphatic carbocycles. The summed E-state index contributed by atoms with van der Waals surface area (Å²) in [5.74, 6) is -0.0792. The lowest BCUT2D eigenvalue weighted by Crippen LogP contribution is -2.41. The number of morpholine rings is 1. The number of carbonyl (C=O) groups is 2. The van der Waals surface area contributed by atoms with Crippen LogP contribution in [0, 0.1) is 0 Å². The number of carbonyl (C=O) groups excluding carboxylic acids is 2. The van der Waals surface area contributed by atoms with E-state index in [0.717, 1.165) is 4.88 Å². The molecule has 1 aliphatic heterocycles. The number of amides is 2. The smallest absolute Gasteiger partial charge is 0.261 e. The minimum Gasteiger partial charge on any atom is -0.378 e. The standard InChI is InChI=1S/C14H18N2O3S/c1-2-11-3-4-12(20-11)14(18)15-6-5-13(17)16-7-9-19-10-8-16/h2-4H,1,5-10H2,(H,15,18). The first kappa shape index (κ1) is 14.7. The van der Waals surface area contributed by atoms with Gasteiger partial charge in [-0.05, 0) is 12.1 Å². The zero-order chi connectivity index (χ0) is 14.4. The van der Waals surface area contributed by atoms with Crippen molar-refractivity contribution in [2.24, 2.45) is 0 Å². The Bertz CT molecular complexity index is 492. The molecule has 1 aromatic heterocycles. The molecule has 0 spiro atoms. The third-order valence-corrected chi connectivity index (χ3v) is 4.12. The molecule has 0 bridgehead atoms. The van der Waals surface area contributed by atoms with Crippen molar-refractivity contribution in [3.63, 3.8) is 0 Å². The first-order valence-corrected chi connectivity index (χ1v) is 7.38. The average Bonchev–Trinajstić information content (AvgIpc) is 2.97. The largest absolute Gasteiger partial charge is 0.378 e. The van der Waals surface area contributed by atoms with Gasteiger partial charge in [0.1, 0.15) is 0 Å². The van der Waals surface area contributed by atoms with Gasteiger partial charge in [-0.1, -0.05) is 12.7 Å². The van der Waals surface area contributed by atoms with E-state index in [4.69, 9.17) is 4.74 Å². The molecule has 20 heavy (non-hydrogen) atoms. The monoisotopic (exact) mass is 294 g/mol. The maximum absolute atomic E-state index is 11.9. The predicted octanol–water partition coefficient (Wildman–Crippen LogP) is 1.37. The molecule has 2 amide bonds. The van der Waals surface area contributed by atoms with Crippen molar-refractivity contribution in [1.82, 2.24) is 10.2 Å². The van der Waals surface area contributed by atoms with Crippen molar-refractivity contribution in [2.75, 3.05) is 32.8 Å². The van der Waals surface area contributed by atoms with Gasteiger partial charge in [0.25, 0.3) is 5.91 Å². The van der Waals surface area contributed by atoms with E-state index in [1.807, 2.05) is 6.07 Å². The van der Waals surface area contributed by atoms with E-state index in [1.54, 1.807) is 17.0 Å². The highest BCUT2D eigenvalue weighted by molar-refractivity contribution is 7.14. The number of rotatable bonds is 5. The highest BCUT2D eigenvalue weighted by atomic mass is 32.1. The summed E-state index contributed by atoms with van der Waals surface area (Å²) in [5.41, 5.74) is 0. The van der Waals surface area contributed by atoms with Gasteiger partial charge in [0.2, 0.25) is 5.91 Å². The molecule has 1 N–H and O–H groups in total. The Morgan fingerprint density at radius 3 is 2.80 bits per heavy atom. The van der Waals surface area contributed by atoms with E-state index in [9.17, 15) is 9.59 Å². The third-order valence-electron chi connectivity index (χ3n) is 3.04. The van der Waals surface area contributed by atoms with Crippen LogP contribution in [-0.4, -0.2) is 49.6 Å². The first-order chi connectivity index (χ1) is 9.70. The van der Waals surface area contributed by atoms with Crippen molar-refractivity contribution in [1.29, 1.82) is 0 Å². The Morgan fingerprint density at radius 2 is 2.15 bits per heavy atom. The summed E-state index contributed by atoms with van der Waals surface area (Å²) in [6.45, 7) is 6.48. The molecule has 2 rings (SSSR count). The van der Waals surface area contributed by atoms with Gasteiger partial charge in [0, 0.05) is 30.9 Å². The van der Waals surface area contributed by atoms with Crippen LogP contribution in [0.5, 0.6) is 0 Å². The number of nitrogens with one attached hydrogen (secondary N) is 1. The second kappa shape index (κ2) is 7.21. The molecule has 5 nitrogen and oxygen atoms in total. The van der Waals surface area contributed by atoms with Crippen LogP contribution < -0.4 is 5.32 Å². The van der Waals surface area contributed by atoms with Gasteiger partial charge in [0.05, 0.1) is 18.1 Å². The molecule has 1 aliphatic rings. The summed E-state index contributed by atoms with van der Waals surface area (Å²) >= 11 is 1.39. The van der Waals surface area contributed by atoms with Crippen LogP contribution in [0.1, 0.15) is 21.0 Å². The number of ether oxygens (including phenoxy) is 1. The van der Waals surface area contributed by atoms with Gasteiger partial charge in [-0.3, -0.25) is 9.59 Å². The number of hydrogen-bond donors (Lipinski definition) is 1. The maximum atomic E-state index is 11.9. The minimum absolute atomic E-state index is 0.0616. The van der Waals surface area contributed by atoms with E-state index in [1.165, 1.54) is 11.3 Å². The van der Waals surface area contributed by atoms with Crippen LogP contribution in [-0.2, 0) is 9.53 Å². The van der Waals surface area contributed by atoms with E-state index < -0.39 is 0 Å². The molecule has 2 heterocycles. The third kappa shape index (κ3) is 3.91. The van der Waals surface area contributed by atoms with Crippen LogP contribution in [0.3, 0.4) is 0 Å². The summed E-state index contributed by atoms with van der Waals surface area (Å²) in [5, 5.41) is 2.76. The molecule has 1 aromatic rings. The summed E-state index contributed by atoms with van der Waals surface area (Å²) in [7, 11) is 0. The number of hydrogen-bond acceptors (Lipinski definition) is 4. The molecule has 0 radical (unpaired) electrons. The van der Waals surface area contributed by atoms with Crippen molar-refractivity contribution >= 4 is 29.2 Å². The Hall–Kier alpha value is -1.66.